The van der Waals surface area contributed by atoms with Gasteiger partial charge in [0, 0.05) is 0 Å². The molecule has 2 rings (SSSR count). The van der Waals surface area contributed by atoms with Crippen molar-refractivity contribution < 1.29 is 9.90 Å². The molecule has 1 atom stereocenters. The molecule has 0 bridgehead atoms. The van der Waals surface area contributed by atoms with Crippen LogP contribution in [-0.4, -0.2) is 11.0 Å². The van der Waals surface area contributed by atoms with E-state index in [4.69, 9.17) is 5.73 Å². The van der Waals surface area contributed by atoms with Gasteiger partial charge in [0.25, 0.3) is 5.91 Å². The van der Waals surface area contributed by atoms with Crippen molar-refractivity contribution in [3.63, 3.8) is 0 Å². The van der Waals surface area contributed by atoms with Crippen molar-refractivity contribution in [2.75, 3.05) is 0 Å². The Morgan fingerprint density at radius 2 is 1.48 bits per heavy atom. The lowest BCUT2D eigenvalue weighted by molar-refractivity contribution is -0.133. The molecule has 2 aromatic rings. The Bertz CT molecular complexity index is 596. The van der Waals surface area contributed by atoms with E-state index in [-0.39, 0.29) is 12.4 Å². The van der Waals surface area contributed by atoms with Crippen LogP contribution >= 0.6 is 12.4 Å². The predicted octanol–water partition coefficient (Wildman–Crippen LogP) is 2.95. The molecule has 1 unspecified atom stereocenters. The average Bonchev–Trinajstić information content (AvgIpc) is 2.47. The number of hydrogen-bond acceptors (Lipinski definition) is 2. The van der Waals surface area contributed by atoms with Crippen molar-refractivity contribution >= 4 is 18.3 Å². The third-order valence-electron chi connectivity index (χ3n) is 3.54. The third kappa shape index (κ3) is 3.26. The second-order valence-corrected chi connectivity index (χ2v) is 5.22. The van der Waals surface area contributed by atoms with Gasteiger partial charge in [-0.25, -0.2) is 0 Å². The van der Waals surface area contributed by atoms with Crippen molar-refractivity contribution in [2.24, 2.45) is 5.73 Å². The van der Waals surface area contributed by atoms with Crippen LogP contribution in [0, 0.1) is 0 Å². The van der Waals surface area contributed by atoms with E-state index in [1.54, 1.807) is 36.4 Å². The summed E-state index contributed by atoms with van der Waals surface area (Å²) in [7, 11) is 0. The first kappa shape index (κ1) is 17.2. The molecular weight excluding hydrogens is 286 g/mol. The topological polar surface area (TPSA) is 63.3 Å². The van der Waals surface area contributed by atoms with Crippen molar-refractivity contribution in [3.8, 4) is 0 Å². The van der Waals surface area contributed by atoms with Gasteiger partial charge in [0.05, 0.1) is 0 Å². The number of primary amides is 1. The van der Waals surface area contributed by atoms with Crippen molar-refractivity contribution in [1.82, 2.24) is 0 Å². The standard InChI is InChI=1S/C17H19NO2.ClH/c1-12(2)13-8-10-15(11-9-13)17(20,16(18)19)14-6-4-3-5-7-14;/h3-12,20H,1-2H3,(H2,18,19);1H. The zero-order chi connectivity index (χ0) is 14.8. The number of rotatable bonds is 4. The lowest BCUT2D eigenvalue weighted by Gasteiger charge is -2.26. The number of hydrogen-bond donors (Lipinski definition) is 2. The first-order valence-electron chi connectivity index (χ1n) is 6.64. The quantitative estimate of drug-likeness (QED) is 0.912. The molecule has 0 heterocycles. The number of aliphatic hydroxyl groups is 1. The molecule has 0 radical (unpaired) electrons. The highest BCUT2D eigenvalue weighted by molar-refractivity contribution is 5.88. The predicted molar refractivity (Wildman–Crippen MR) is 86.4 cm³/mol. The number of halogens is 1. The highest BCUT2D eigenvalue weighted by atomic mass is 35.5. The van der Waals surface area contributed by atoms with E-state index in [1.165, 1.54) is 0 Å². The van der Waals surface area contributed by atoms with E-state index in [1.807, 2.05) is 18.2 Å². The van der Waals surface area contributed by atoms with Crippen LogP contribution in [0.5, 0.6) is 0 Å². The molecule has 0 spiro atoms. The van der Waals surface area contributed by atoms with E-state index < -0.39 is 11.5 Å². The highest BCUT2D eigenvalue weighted by Crippen LogP contribution is 2.30. The number of benzene rings is 2. The second-order valence-electron chi connectivity index (χ2n) is 5.22. The monoisotopic (exact) mass is 305 g/mol. The third-order valence-corrected chi connectivity index (χ3v) is 3.54. The Kier molecular flexibility index (Phi) is 5.53. The molecule has 3 N–H and O–H groups in total. The molecule has 0 aliphatic heterocycles. The summed E-state index contributed by atoms with van der Waals surface area (Å²) in [4.78, 5) is 11.8. The van der Waals surface area contributed by atoms with Gasteiger partial charge in [-0.3, -0.25) is 4.79 Å². The average molecular weight is 306 g/mol. The zero-order valence-corrected chi connectivity index (χ0v) is 12.9. The first-order valence-corrected chi connectivity index (χ1v) is 6.64. The maximum atomic E-state index is 11.8. The second kappa shape index (κ2) is 6.74. The SMILES string of the molecule is CC(C)c1ccc(C(O)(C(N)=O)c2ccccc2)cc1.Cl. The fraction of sp³-hybridized carbons (Fsp3) is 0.235. The minimum absolute atomic E-state index is 0. The van der Waals surface area contributed by atoms with Gasteiger partial charge in [-0.15, -0.1) is 12.4 Å². The van der Waals surface area contributed by atoms with Crippen LogP contribution in [0.1, 0.15) is 36.5 Å². The molecule has 4 heteroatoms. The summed E-state index contributed by atoms with van der Waals surface area (Å²) in [5, 5.41) is 10.8. The summed E-state index contributed by atoms with van der Waals surface area (Å²) in [6.45, 7) is 4.18. The Hall–Kier alpha value is -1.84. The Morgan fingerprint density at radius 3 is 1.90 bits per heavy atom. The van der Waals surface area contributed by atoms with Crippen molar-refractivity contribution in [2.45, 2.75) is 25.4 Å². The summed E-state index contributed by atoms with van der Waals surface area (Å²) in [6, 6.07) is 16.1. The molecule has 0 aliphatic carbocycles. The molecule has 21 heavy (non-hydrogen) atoms. The summed E-state index contributed by atoms with van der Waals surface area (Å²) in [6.07, 6.45) is 0. The van der Waals surface area contributed by atoms with E-state index in [9.17, 15) is 9.90 Å². The Labute approximate surface area is 131 Å². The summed E-state index contributed by atoms with van der Waals surface area (Å²) in [5.74, 6) is -0.386. The summed E-state index contributed by atoms with van der Waals surface area (Å²) in [5.41, 5.74) is 5.76. The van der Waals surface area contributed by atoms with E-state index >= 15 is 0 Å². The van der Waals surface area contributed by atoms with Gasteiger partial charge in [0.1, 0.15) is 0 Å². The van der Waals surface area contributed by atoms with E-state index in [2.05, 4.69) is 13.8 Å². The molecule has 2 aromatic carbocycles. The van der Waals surface area contributed by atoms with Gasteiger partial charge in [0.15, 0.2) is 5.60 Å². The highest BCUT2D eigenvalue weighted by Gasteiger charge is 2.37. The minimum Gasteiger partial charge on any atom is -0.372 e. The van der Waals surface area contributed by atoms with Crippen LogP contribution in [0.3, 0.4) is 0 Å². The maximum absolute atomic E-state index is 11.8. The molecule has 3 nitrogen and oxygen atoms in total. The molecule has 0 aliphatic rings. The van der Waals surface area contributed by atoms with Gasteiger partial charge in [0.2, 0.25) is 0 Å². The molecule has 112 valence electrons. The normalized spacial score (nSPS) is 13.3. The first-order chi connectivity index (χ1) is 9.46. The fourth-order valence-electron chi connectivity index (χ4n) is 2.24. The van der Waals surface area contributed by atoms with E-state index in [0.29, 0.717) is 17.0 Å². The lowest BCUT2D eigenvalue weighted by Crippen LogP contribution is -2.42. The van der Waals surface area contributed by atoms with Crippen molar-refractivity contribution in [3.05, 3.63) is 71.3 Å². The maximum Gasteiger partial charge on any atom is 0.258 e. The van der Waals surface area contributed by atoms with Crippen LogP contribution in [0.25, 0.3) is 0 Å². The van der Waals surface area contributed by atoms with Gasteiger partial charge in [-0.1, -0.05) is 68.4 Å². The van der Waals surface area contributed by atoms with E-state index in [0.717, 1.165) is 5.56 Å². The van der Waals surface area contributed by atoms with Crippen LogP contribution in [0.15, 0.2) is 54.6 Å². The van der Waals surface area contributed by atoms with Gasteiger partial charge in [-0.2, -0.15) is 0 Å². The summed E-state index contributed by atoms with van der Waals surface area (Å²) >= 11 is 0. The van der Waals surface area contributed by atoms with Crippen LogP contribution in [0.2, 0.25) is 0 Å². The van der Waals surface area contributed by atoms with Gasteiger partial charge >= 0.3 is 0 Å². The fourth-order valence-corrected chi connectivity index (χ4v) is 2.24. The van der Waals surface area contributed by atoms with Crippen LogP contribution in [-0.2, 0) is 10.4 Å². The molecular formula is C17H20ClNO2. The molecule has 0 aromatic heterocycles. The van der Waals surface area contributed by atoms with Crippen LogP contribution < -0.4 is 5.73 Å². The number of carbonyl (C=O) groups is 1. The van der Waals surface area contributed by atoms with Gasteiger partial charge in [-0.05, 0) is 22.6 Å². The van der Waals surface area contributed by atoms with Crippen LogP contribution in [0.4, 0.5) is 0 Å². The van der Waals surface area contributed by atoms with Gasteiger partial charge < -0.3 is 10.8 Å². The molecule has 0 saturated carbocycles. The largest absolute Gasteiger partial charge is 0.372 e. The number of amides is 1. The summed E-state index contributed by atoms with van der Waals surface area (Å²) < 4.78 is 0. The lowest BCUT2D eigenvalue weighted by atomic mass is 9.85. The zero-order valence-electron chi connectivity index (χ0n) is 12.1. The number of nitrogens with two attached hydrogens (primary N) is 1. The smallest absolute Gasteiger partial charge is 0.258 e. The Balaban J connectivity index is 0.00000220. The number of carbonyl (C=O) groups excluding carboxylic acids is 1. The Morgan fingerprint density at radius 1 is 1.00 bits per heavy atom. The molecule has 0 saturated heterocycles. The molecule has 1 amide bonds. The molecule has 0 fully saturated rings. The minimum atomic E-state index is -1.79. The van der Waals surface area contributed by atoms with Crippen molar-refractivity contribution in [1.29, 1.82) is 0 Å².